The van der Waals surface area contributed by atoms with Crippen LogP contribution in [0, 0.1) is 0 Å². The Balaban J connectivity index is 1.39. The second-order valence-corrected chi connectivity index (χ2v) is 7.13. The van der Waals surface area contributed by atoms with Crippen LogP contribution in [0.25, 0.3) is 0 Å². The standard InChI is InChI=1S/C21H20ClN3O3/c22-16-4-3-5-17(14-16)23-10-12-24(13-11-23)21(27)19-8-7-18(28-19)15-25-9-2-1-6-20(25)26/h1-9,14H,10-13,15H2. The minimum Gasteiger partial charge on any atom is -0.454 e. The van der Waals surface area contributed by atoms with Crippen molar-refractivity contribution in [1.29, 1.82) is 0 Å². The SMILES string of the molecule is O=C(c1ccc(Cn2ccccc2=O)o1)N1CCN(c2cccc(Cl)c2)CC1. The maximum Gasteiger partial charge on any atom is 0.289 e. The van der Waals surface area contributed by atoms with Gasteiger partial charge >= 0.3 is 0 Å². The van der Waals surface area contributed by atoms with Gasteiger partial charge in [0.2, 0.25) is 0 Å². The van der Waals surface area contributed by atoms with Crippen molar-refractivity contribution in [2.24, 2.45) is 0 Å². The molecule has 0 N–H and O–H groups in total. The molecule has 0 bridgehead atoms. The molecule has 144 valence electrons. The summed E-state index contributed by atoms with van der Waals surface area (Å²) in [5.41, 5.74) is 0.956. The highest BCUT2D eigenvalue weighted by atomic mass is 35.5. The molecule has 1 aliphatic heterocycles. The van der Waals surface area contributed by atoms with Crippen molar-refractivity contribution in [2.45, 2.75) is 6.54 Å². The summed E-state index contributed by atoms with van der Waals surface area (Å²) in [6.07, 6.45) is 1.70. The lowest BCUT2D eigenvalue weighted by atomic mass is 10.2. The number of nitrogens with zero attached hydrogens (tertiary/aromatic N) is 3. The first-order chi connectivity index (χ1) is 13.6. The molecule has 6 nitrogen and oxygen atoms in total. The fourth-order valence-corrected chi connectivity index (χ4v) is 3.52. The second-order valence-electron chi connectivity index (χ2n) is 6.69. The number of piperazine rings is 1. The molecular weight excluding hydrogens is 378 g/mol. The van der Waals surface area contributed by atoms with Gasteiger partial charge in [0.1, 0.15) is 5.76 Å². The number of carbonyl (C=O) groups excluding carboxylic acids is 1. The Morgan fingerprint density at radius 3 is 2.57 bits per heavy atom. The fourth-order valence-electron chi connectivity index (χ4n) is 3.33. The highest BCUT2D eigenvalue weighted by Gasteiger charge is 2.24. The van der Waals surface area contributed by atoms with Crippen LogP contribution in [0.4, 0.5) is 5.69 Å². The van der Waals surface area contributed by atoms with Gasteiger partial charge in [-0.25, -0.2) is 0 Å². The van der Waals surface area contributed by atoms with E-state index in [4.69, 9.17) is 16.0 Å². The van der Waals surface area contributed by atoms with E-state index < -0.39 is 0 Å². The molecule has 1 fully saturated rings. The minimum atomic E-state index is -0.127. The highest BCUT2D eigenvalue weighted by Crippen LogP contribution is 2.21. The van der Waals surface area contributed by atoms with E-state index in [1.165, 1.54) is 10.6 Å². The Hall–Kier alpha value is -2.99. The summed E-state index contributed by atoms with van der Waals surface area (Å²) in [7, 11) is 0. The van der Waals surface area contributed by atoms with E-state index in [0.29, 0.717) is 36.2 Å². The Labute approximate surface area is 167 Å². The van der Waals surface area contributed by atoms with E-state index in [0.717, 1.165) is 18.8 Å². The molecule has 1 aliphatic rings. The van der Waals surface area contributed by atoms with Crippen molar-refractivity contribution in [3.05, 3.63) is 87.7 Å². The van der Waals surface area contributed by atoms with E-state index in [9.17, 15) is 9.59 Å². The molecule has 0 atom stereocenters. The number of furan rings is 1. The first-order valence-electron chi connectivity index (χ1n) is 9.14. The van der Waals surface area contributed by atoms with Gasteiger partial charge in [0.25, 0.3) is 11.5 Å². The predicted molar refractivity (Wildman–Crippen MR) is 108 cm³/mol. The maximum absolute atomic E-state index is 12.8. The van der Waals surface area contributed by atoms with Crippen LogP contribution in [0.1, 0.15) is 16.3 Å². The normalized spacial score (nSPS) is 14.3. The van der Waals surface area contributed by atoms with Gasteiger partial charge in [0, 0.05) is 49.2 Å². The molecule has 3 aromatic rings. The monoisotopic (exact) mass is 397 g/mol. The van der Waals surface area contributed by atoms with Crippen LogP contribution in [0.15, 0.2) is 70.0 Å². The number of hydrogen-bond donors (Lipinski definition) is 0. The average molecular weight is 398 g/mol. The number of anilines is 1. The minimum absolute atomic E-state index is 0.107. The topological polar surface area (TPSA) is 58.7 Å². The first-order valence-corrected chi connectivity index (χ1v) is 9.52. The molecule has 0 aliphatic carbocycles. The molecule has 0 radical (unpaired) electrons. The van der Waals surface area contributed by atoms with Gasteiger partial charge in [-0.1, -0.05) is 23.7 Å². The summed E-state index contributed by atoms with van der Waals surface area (Å²) in [5.74, 6) is 0.752. The number of aromatic nitrogens is 1. The molecule has 1 aromatic carbocycles. The summed E-state index contributed by atoms with van der Waals surface area (Å²) in [6, 6.07) is 16.1. The third kappa shape index (κ3) is 3.97. The Kier molecular flexibility index (Phi) is 5.21. The van der Waals surface area contributed by atoms with E-state index in [2.05, 4.69) is 4.90 Å². The van der Waals surface area contributed by atoms with Crippen LogP contribution in [0.2, 0.25) is 5.02 Å². The predicted octanol–water partition coefficient (Wildman–Crippen LogP) is 3.11. The lowest BCUT2D eigenvalue weighted by molar-refractivity contribution is 0.0712. The van der Waals surface area contributed by atoms with Crippen LogP contribution < -0.4 is 10.5 Å². The summed E-state index contributed by atoms with van der Waals surface area (Å²) in [5, 5.41) is 0.705. The third-order valence-electron chi connectivity index (χ3n) is 4.84. The maximum atomic E-state index is 12.8. The summed E-state index contributed by atoms with van der Waals surface area (Å²) < 4.78 is 7.24. The Bertz CT molecular complexity index is 1030. The van der Waals surface area contributed by atoms with Gasteiger partial charge in [-0.05, 0) is 36.4 Å². The number of pyridine rings is 1. The number of halogens is 1. The van der Waals surface area contributed by atoms with E-state index >= 15 is 0 Å². The Morgan fingerprint density at radius 1 is 1.00 bits per heavy atom. The molecule has 0 saturated carbocycles. The number of carbonyl (C=O) groups is 1. The van der Waals surface area contributed by atoms with Gasteiger partial charge in [0.15, 0.2) is 5.76 Å². The molecule has 1 amide bonds. The summed E-state index contributed by atoms with van der Waals surface area (Å²) >= 11 is 6.07. The molecule has 1 saturated heterocycles. The molecule has 0 spiro atoms. The zero-order valence-corrected chi connectivity index (χ0v) is 16.0. The summed E-state index contributed by atoms with van der Waals surface area (Å²) in [4.78, 5) is 28.6. The van der Waals surface area contributed by atoms with Crippen molar-refractivity contribution in [3.63, 3.8) is 0 Å². The van der Waals surface area contributed by atoms with Crippen LogP contribution in [-0.2, 0) is 6.54 Å². The van der Waals surface area contributed by atoms with Crippen LogP contribution in [-0.4, -0.2) is 41.6 Å². The first kappa shape index (κ1) is 18.4. The largest absolute Gasteiger partial charge is 0.454 e. The molecule has 4 rings (SSSR count). The third-order valence-corrected chi connectivity index (χ3v) is 5.07. The summed E-state index contributed by atoms with van der Waals surface area (Å²) in [6.45, 7) is 2.99. The molecule has 0 unspecified atom stereocenters. The van der Waals surface area contributed by atoms with Gasteiger partial charge < -0.3 is 18.8 Å². The van der Waals surface area contributed by atoms with Crippen LogP contribution in [0.3, 0.4) is 0 Å². The Morgan fingerprint density at radius 2 is 1.82 bits per heavy atom. The fraction of sp³-hybridized carbons (Fsp3) is 0.238. The number of hydrogen-bond acceptors (Lipinski definition) is 4. The van der Waals surface area contributed by atoms with E-state index in [1.54, 1.807) is 35.4 Å². The number of benzene rings is 1. The molecule has 2 aromatic heterocycles. The van der Waals surface area contributed by atoms with Gasteiger partial charge in [-0.15, -0.1) is 0 Å². The average Bonchev–Trinajstić information content (AvgIpc) is 3.18. The van der Waals surface area contributed by atoms with Gasteiger partial charge in [-0.2, -0.15) is 0 Å². The van der Waals surface area contributed by atoms with Crippen molar-refractivity contribution in [2.75, 3.05) is 31.1 Å². The van der Waals surface area contributed by atoms with Gasteiger partial charge in [-0.3, -0.25) is 9.59 Å². The van der Waals surface area contributed by atoms with Gasteiger partial charge in [0.05, 0.1) is 6.54 Å². The van der Waals surface area contributed by atoms with Crippen molar-refractivity contribution in [3.8, 4) is 0 Å². The van der Waals surface area contributed by atoms with Crippen LogP contribution >= 0.6 is 11.6 Å². The highest BCUT2D eigenvalue weighted by molar-refractivity contribution is 6.30. The molecular formula is C21H20ClN3O3. The van der Waals surface area contributed by atoms with Crippen molar-refractivity contribution >= 4 is 23.2 Å². The van der Waals surface area contributed by atoms with Crippen molar-refractivity contribution < 1.29 is 9.21 Å². The molecule has 3 heterocycles. The quantitative estimate of drug-likeness (QED) is 0.678. The zero-order valence-electron chi connectivity index (χ0n) is 15.3. The lowest BCUT2D eigenvalue weighted by Crippen LogP contribution is -2.48. The van der Waals surface area contributed by atoms with E-state index in [1.807, 2.05) is 24.3 Å². The van der Waals surface area contributed by atoms with Crippen molar-refractivity contribution in [1.82, 2.24) is 9.47 Å². The lowest BCUT2D eigenvalue weighted by Gasteiger charge is -2.35. The smallest absolute Gasteiger partial charge is 0.289 e. The zero-order chi connectivity index (χ0) is 19.5. The number of rotatable bonds is 4. The number of amides is 1. The van der Waals surface area contributed by atoms with E-state index in [-0.39, 0.29) is 11.5 Å². The molecule has 28 heavy (non-hydrogen) atoms. The molecule has 7 heteroatoms. The second kappa shape index (κ2) is 7.94. The van der Waals surface area contributed by atoms with Crippen LogP contribution in [0.5, 0.6) is 0 Å².